The highest BCUT2D eigenvalue weighted by atomic mass is 16.5. The highest BCUT2D eigenvalue weighted by Gasteiger charge is 2.12. The Bertz CT molecular complexity index is 616. The number of hydrogen-bond donors (Lipinski definition) is 2. The third-order valence-electron chi connectivity index (χ3n) is 2.33. The van der Waals surface area contributed by atoms with Crippen LogP contribution in [-0.4, -0.2) is 18.1 Å². The highest BCUT2D eigenvalue weighted by Crippen LogP contribution is 2.18. The number of ether oxygens (including phenoxy) is 1. The van der Waals surface area contributed by atoms with E-state index >= 15 is 0 Å². The maximum Gasteiger partial charge on any atom is 0.343 e. The summed E-state index contributed by atoms with van der Waals surface area (Å²) in [6.07, 6.45) is 0. The summed E-state index contributed by atoms with van der Waals surface area (Å²) in [6, 6.07) is 6.58. The van der Waals surface area contributed by atoms with Crippen LogP contribution in [0.4, 0.5) is 5.69 Å². The van der Waals surface area contributed by atoms with Gasteiger partial charge >= 0.3 is 5.97 Å². The van der Waals surface area contributed by atoms with Crippen molar-refractivity contribution in [3.63, 3.8) is 0 Å². The standard InChI is InChI=1S/C11H10N2O3/c1-16-11(15)7-5-6-8(12)3-2-4-9(6)13-10(7)14/h2-5H,12H2,1H3,(H,13,14). The Morgan fingerprint density at radius 3 is 2.88 bits per heavy atom. The Morgan fingerprint density at radius 1 is 1.44 bits per heavy atom. The van der Waals surface area contributed by atoms with Crippen LogP contribution in [0, 0.1) is 0 Å². The first kappa shape index (κ1) is 10.2. The maximum absolute atomic E-state index is 11.5. The monoisotopic (exact) mass is 218 g/mol. The molecule has 0 saturated heterocycles. The van der Waals surface area contributed by atoms with Crippen molar-refractivity contribution in [2.75, 3.05) is 12.8 Å². The van der Waals surface area contributed by atoms with Gasteiger partial charge in [-0.2, -0.15) is 0 Å². The molecule has 1 aromatic heterocycles. The SMILES string of the molecule is COC(=O)c1cc2c(N)cccc2[nH]c1=O. The molecule has 0 atom stereocenters. The molecule has 0 saturated carbocycles. The van der Waals surface area contributed by atoms with Gasteiger partial charge in [0.2, 0.25) is 0 Å². The molecule has 0 aliphatic rings. The fourth-order valence-electron chi connectivity index (χ4n) is 1.51. The molecule has 1 aromatic carbocycles. The van der Waals surface area contributed by atoms with Crippen LogP contribution >= 0.6 is 0 Å². The molecule has 0 fully saturated rings. The number of anilines is 1. The number of aromatic nitrogens is 1. The van der Waals surface area contributed by atoms with Crippen LogP contribution in [0.25, 0.3) is 10.9 Å². The molecule has 0 aliphatic carbocycles. The minimum Gasteiger partial charge on any atom is -0.465 e. The van der Waals surface area contributed by atoms with E-state index in [1.54, 1.807) is 18.2 Å². The molecular weight excluding hydrogens is 208 g/mol. The van der Waals surface area contributed by atoms with E-state index < -0.39 is 11.5 Å². The first-order chi connectivity index (χ1) is 7.63. The van der Waals surface area contributed by atoms with Gasteiger partial charge in [0, 0.05) is 11.1 Å². The Morgan fingerprint density at radius 2 is 2.19 bits per heavy atom. The molecule has 2 rings (SSSR count). The number of methoxy groups -OCH3 is 1. The maximum atomic E-state index is 11.5. The number of H-pyrrole nitrogens is 1. The highest BCUT2D eigenvalue weighted by molar-refractivity contribution is 5.97. The van der Waals surface area contributed by atoms with Crippen LogP contribution in [0.15, 0.2) is 29.1 Å². The van der Waals surface area contributed by atoms with Crippen molar-refractivity contribution in [2.24, 2.45) is 0 Å². The van der Waals surface area contributed by atoms with E-state index in [-0.39, 0.29) is 5.56 Å². The molecule has 5 nitrogen and oxygen atoms in total. The lowest BCUT2D eigenvalue weighted by Gasteiger charge is -2.03. The second-order valence-electron chi connectivity index (χ2n) is 3.31. The fraction of sp³-hybridized carbons (Fsp3) is 0.0909. The molecule has 16 heavy (non-hydrogen) atoms. The van der Waals surface area contributed by atoms with Crippen molar-refractivity contribution in [1.82, 2.24) is 4.98 Å². The second kappa shape index (κ2) is 3.69. The number of nitrogens with two attached hydrogens (primary N) is 1. The lowest BCUT2D eigenvalue weighted by molar-refractivity contribution is 0.0599. The Balaban J connectivity index is 2.79. The van der Waals surface area contributed by atoms with Crippen LogP contribution < -0.4 is 11.3 Å². The van der Waals surface area contributed by atoms with Gasteiger partial charge in [-0.15, -0.1) is 0 Å². The minimum absolute atomic E-state index is 0.0482. The molecule has 0 amide bonds. The molecule has 0 bridgehead atoms. The molecule has 0 unspecified atom stereocenters. The number of carbonyl (C=O) groups excluding carboxylic acids is 1. The molecule has 2 aromatic rings. The Kier molecular flexibility index (Phi) is 2.36. The van der Waals surface area contributed by atoms with Gasteiger partial charge in [-0.25, -0.2) is 4.79 Å². The van der Waals surface area contributed by atoms with Gasteiger partial charge in [0.15, 0.2) is 0 Å². The van der Waals surface area contributed by atoms with Crippen molar-refractivity contribution in [2.45, 2.75) is 0 Å². The summed E-state index contributed by atoms with van der Waals surface area (Å²) in [7, 11) is 1.22. The van der Waals surface area contributed by atoms with E-state index in [1.165, 1.54) is 13.2 Å². The smallest absolute Gasteiger partial charge is 0.343 e. The van der Waals surface area contributed by atoms with E-state index in [0.29, 0.717) is 16.6 Å². The molecule has 3 N–H and O–H groups in total. The van der Waals surface area contributed by atoms with E-state index in [1.807, 2.05) is 0 Å². The number of aromatic amines is 1. The van der Waals surface area contributed by atoms with E-state index in [9.17, 15) is 9.59 Å². The van der Waals surface area contributed by atoms with Gasteiger partial charge in [-0.1, -0.05) is 6.07 Å². The van der Waals surface area contributed by atoms with Gasteiger partial charge in [-0.05, 0) is 18.2 Å². The lowest BCUT2D eigenvalue weighted by atomic mass is 10.1. The molecule has 0 radical (unpaired) electrons. The van der Waals surface area contributed by atoms with Crippen LogP contribution in [0.2, 0.25) is 0 Å². The predicted octanol–water partition coefficient (Wildman–Crippen LogP) is 0.897. The lowest BCUT2D eigenvalue weighted by Crippen LogP contribution is -2.18. The zero-order chi connectivity index (χ0) is 11.7. The molecule has 0 aliphatic heterocycles. The largest absolute Gasteiger partial charge is 0.465 e. The number of fused-ring (bicyclic) bond motifs is 1. The number of pyridine rings is 1. The number of carbonyl (C=O) groups is 1. The second-order valence-corrected chi connectivity index (χ2v) is 3.31. The summed E-state index contributed by atoms with van der Waals surface area (Å²) in [5, 5.41) is 0.627. The average Bonchev–Trinajstić information content (AvgIpc) is 2.28. The van der Waals surface area contributed by atoms with Gasteiger partial charge in [0.1, 0.15) is 5.56 Å². The number of nitrogen functional groups attached to an aromatic ring is 1. The third-order valence-corrected chi connectivity index (χ3v) is 2.33. The number of esters is 1. The van der Waals surface area contributed by atoms with Crippen LogP contribution in [-0.2, 0) is 4.74 Å². The Hall–Kier alpha value is -2.30. The number of benzene rings is 1. The predicted molar refractivity (Wildman–Crippen MR) is 60.3 cm³/mol. The summed E-state index contributed by atoms with van der Waals surface area (Å²) >= 11 is 0. The van der Waals surface area contributed by atoms with Crippen LogP contribution in [0.1, 0.15) is 10.4 Å². The van der Waals surface area contributed by atoms with Crippen molar-refractivity contribution in [3.05, 3.63) is 40.2 Å². The molecule has 82 valence electrons. The summed E-state index contributed by atoms with van der Waals surface area (Å²) < 4.78 is 4.51. The summed E-state index contributed by atoms with van der Waals surface area (Å²) in [5.41, 5.74) is 6.31. The van der Waals surface area contributed by atoms with Crippen LogP contribution in [0.3, 0.4) is 0 Å². The molecule has 0 spiro atoms. The first-order valence-electron chi connectivity index (χ1n) is 4.63. The number of nitrogens with one attached hydrogen (secondary N) is 1. The van der Waals surface area contributed by atoms with Gasteiger partial charge < -0.3 is 15.5 Å². The zero-order valence-electron chi connectivity index (χ0n) is 8.61. The fourth-order valence-corrected chi connectivity index (χ4v) is 1.51. The van der Waals surface area contributed by atoms with E-state index in [4.69, 9.17) is 5.73 Å². The van der Waals surface area contributed by atoms with E-state index in [2.05, 4.69) is 9.72 Å². The Labute approximate surface area is 90.8 Å². The van der Waals surface area contributed by atoms with Crippen molar-refractivity contribution in [3.8, 4) is 0 Å². The summed E-state index contributed by atoms with van der Waals surface area (Å²) in [6.45, 7) is 0. The quantitative estimate of drug-likeness (QED) is 0.550. The van der Waals surface area contributed by atoms with Crippen molar-refractivity contribution in [1.29, 1.82) is 0 Å². The van der Waals surface area contributed by atoms with Crippen molar-refractivity contribution < 1.29 is 9.53 Å². The number of rotatable bonds is 1. The van der Waals surface area contributed by atoms with Gasteiger partial charge in [0.05, 0.1) is 12.6 Å². The van der Waals surface area contributed by atoms with Gasteiger partial charge in [0.25, 0.3) is 5.56 Å². The average molecular weight is 218 g/mol. The molecule has 5 heteroatoms. The topological polar surface area (TPSA) is 85.2 Å². The van der Waals surface area contributed by atoms with Crippen LogP contribution in [0.5, 0.6) is 0 Å². The zero-order valence-corrected chi connectivity index (χ0v) is 8.61. The molecular formula is C11H10N2O3. The first-order valence-corrected chi connectivity index (χ1v) is 4.63. The third kappa shape index (κ3) is 1.52. The minimum atomic E-state index is -0.675. The summed E-state index contributed by atoms with van der Waals surface area (Å²) in [4.78, 5) is 25.4. The van der Waals surface area contributed by atoms with E-state index in [0.717, 1.165) is 0 Å². The number of hydrogen-bond acceptors (Lipinski definition) is 4. The van der Waals surface area contributed by atoms with Gasteiger partial charge in [-0.3, -0.25) is 4.79 Å². The molecule has 1 heterocycles. The van der Waals surface area contributed by atoms with Crippen molar-refractivity contribution >= 4 is 22.6 Å². The normalized spacial score (nSPS) is 10.3. The summed E-state index contributed by atoms with van der Waals surface area (Å²) in [5.74, 6) is -0.675.